The number of aliphatic hydroxyl groups excluding tert-OH is 1. The molecule has 0 aromatic heterocycles. The number of carboxylic acid groups (broad SMARTS) is 1. The quantitative estimate of drug-likeness (QED) is 0.593. The second-order valence-corrected chi connectivity index (χ2v) is 3.70. The smallest absolute Gasteiger partial charge is 0.303 e. The predicted octanol–water partition coefficient (Wildman–Crippen LogP) is 0.231. The Morgan fingerprint density at radius 1 is 1.38 bits per heavy atom. The van der Waals surface area contributed by atoms with Crippen LogP contribution in [0, 0.1) is 5.92 Å². The van der Waals surface area contributed by atoms with Crippen LogP contribution in [-0.4, -0.2) is 41.2 Å². The fourth-order valence-electron chi connectivity index (χ4n) is 1.04. The molecule has 0 radical (unpaired) electrons. The fraction of sp³-hybridized carbons (Fsp3) is 0.778. The van der Waals surface area contributed by atoms with Crippen LogP contribution in [-0.2, 0) is 9.59 Å². The highest BCUT2D eigenvalue weighted by molar-refractivity contribution is 5.77. The molecule has 0 aromatic carbocycles. The first-order valence-electron chi connectivity index (χ1n) is 4.74. The lowest BCUT2D eigenvalue weighted by Crippen LogP contribution is -2.39. The number of carboxylic acids is 1. The number of hydrogen-bond donors (Lipinski definition) is 3. The van der Waals surface area contributed by atoms with Crippen molar-refractivity contribution in [2.24, 2.45) is 5.92 Å². The lowest BCUT2D eigenvalue weighted by molar-refractivity contribution is -0.138. The Morgan fingerprint density at radius 3 is 2.38 bits per heavy atom. The van der Waals surface area contributed by atoms with E-state index in [-0.39, 0.29) is 12.8 Å². The molecule has 1 unspecified atom stereocenters. The van der Waals surface area contributed by atoms with E-state index in [1.54, 1.807) is 0 Å². The number of carbonyl (C=O) groups excluding carboxylic acids is 1. The second-order valence-electron chi connectivity index (χ2n) is 3.70. The third-order valence-electron chi connectivity index (χ3n) is 1.83. The average Bonchev–Trinajstić information content (AvgIpc) is 2.13. The van der Waals surface area contributed by atoms with Crippen LogP contribution in [0.25, 0.3) is 0 Å². The van der Waals surface area contributed by atoms with E-state index in [0.29, 0.717) is 0 Å². The van der Waals surface area contributed by atoms with E-state index in [1.807, 2.05) is 5.32 Å². The molecule has 0 fully saturated rings. The lowest BCUT2D eigenvalue weighted by atomic mass is 10.0. The maximum Gasteiger partial charge on any atom is 0.303 e. The average molecular weight is 239 g/mol. The van der Waals surface area contributed by atoms with Crippen molar-refractivity contribution >= 4 is 11.9 Å². The summed E-state index contributed by atoms with van der Waals surface area (Å²) < 4.78 is 25.0. The van der Waals surface area contributed by atoms with Gasteiger partial charge in [0, 0.05) is 12.8 Å². The highest BCUT2D eigenvalue weighted by atomic mass is 19.3. The van der Waals surface area contributed by atoms with Gasteiger partial charge in [-0.05, 0) is 5.92 Å². The van der Waals surface area contributed by atoms with Gasteiger partial charge in [-0.3, -0.25) is 9.59 Å². The zero-order valence-corrected chi connectivity index (χ0v) is 8.87. The van der Waals surface area contributed by atoms with Crippen molar-refractivity contribution in [3.63, 3.8) is 0 Å². The van der Waals surface area contributed by atoms with Gasteiger partial charge in [-0.1, -0.05) is 6.92 Å². The van der Waals surface area contributed by atoms with E-state index in [2.05, 4.69) is 0 Å². The van der Waals surface area contributed by atoms with Gasteiger partial charge in [0.25, 0.3) is 5.92 Å². The number of rotatable bonds is 7. The Morgan fingerprint density at radius 2 is 1.94 bits per heavy atom. The van der Waals surface area contributed by atoms with E-state index in [4.69, 9.17) is 10.2 Å². The number of halogens is 2. The second kappa shape index (κ2) is 6.37. The highest BCUT2D eigenvalue weighted by Gasteiger charge is 2.28. The minimum Gasteiger partial charge on any atom is -0.481 e. The Balaban J connectivity index is 3.87. The molecule has 0 aliphatic carbocycles. The van der Waals surface area contributed by atoms with Gasteiger partial charge in [0.05, 0.1) is 6.54 Å². The molecule has 0 saturated carbocycles. The van der Waals surface area contributed by atoms with Crippen LogP contribution in [0.3, 0.4) is 0 Å². The van der Waals surface area contributed by atoms with Crippen molar-refractivity contribution in [3.05, 3.63) is 0 Å². The highest BCUT2D eigenvalue weighted by Crippen LogP contribution is 2.11. The summed E-state index contributed by atoms with van der Waals surface area (Å²) in [5.41, 5.74) is 0. The summed E-state index contributed by atoms with van der Waals surface area (Å²) in [4.78, 5) is 21.3. The molecular weight excluding hydrogens is 224 g/mol. The van der Waals surface area contributed by atoms with Crippen LogP contribution in [0.5, 0.6) is 0 Å². The maximum atomic E-state index is 12.5. The van der Waals surface area contributed by atoms with Gasteiger partial charge in [-0.15, -0.1) is 0 Å². The summed E-state index contributed by atoms with van der Waals surface area (Å²) in [6, 6.07) is 0. The molecular formula is C9H15F2NO4. The van der Waals surface area contributed by atoms with Crippen LogP contribution in [0.15, 0.2) is 0 Å². The molecule has 0 aliphatic rings. The van der Waals surface area contributed by atoms with Gasteiger partial charge in [-0.2, -0.15) is 0 Å². The van der Waals surface area contributed by atoms with Crippen LogP contribution in [0.1, 0.15) is 19.8 Å². The molecule has 0 rings (SSSR count). The summed E-state index contributed by atoms with van der Waals surface area (Å²) in [7, 11) is 0. The first-order valence-corrected chi connectivity index (χ1v) is 4.74. The van der Waals surface area contributed by atoms with Crippen LogP contribution < -0.4 is 5.32 Å². The third kappa shape index (κ3) is 7.10. The summed E-state index contributed by atoms with van der Waals surface area (Å²) in [6.45, 7) is -0.738. The zero-order valence-electron chi connectivity index (χ0n) is 8.87. The number of amides is 1. The molecule has 3 N–H and O–H groups in total. The number of aliphatic carboxylic acids is 1. The van der Waals surface area contributed by atoms with Crippen molar-refractivity contribution in [2.75, 3.05) is 13.2 Å². The van der Waals surface area contributed by atoms with Crippen molar-refractivity contribution < 1.29 is 28.6 Å². The zero-order chi connectivity index (χ0) is 12.8. The molecule has 0 heterocycles. The number of hydrogen-bond acceptors (Lipinski definition) is 3. The summed E-state index contributed by atoms with van der Waals surface area (Å²) in [5, 5.41) is 18.6. The Bertz CT molecular complexity index is 258. The first kappa shape index (κ1) is 14.8. The van der Waals surface area contributed by atoms with E-state index in [9.17, 15) is 18.4 Å². The lowest BCUT2D eigenvalue weighted by Gasteiger charge is -2.15. The van der Waals surface area contributed by atoms with Gasteiger partial charge >= 0.3 is 5.97 Å². The molecule has 16 heavy (non-hydrogen) atoms. The number of nitrogens with one attached hydrogen (secondary N) is 1. The molecule has 0 spiro atoms. The number of alkyl halides is 2. The minimum atomic E-state index is -3.34. The maximum absolute atomic E-state index is 12.5. The van der Waals surface area contributed by atoms with Gasteiger partial charge in [0.2, 0.25) is 5.91 Å². The standard InChI is InChI=1S/C9H15F2NO4/c1-6(3-8(15)16)2-7(14)12-4-9(10,11)5-13/h6,13H,2-5H2,1H3,(H,12,14)(H,15,16). The minimum absolute atomic E-state index is 0.131. The van der Waals surface area contributed by atoms with E-state index in [1.165, 1.54) is 6.92 Å². The topological polar surface area (TPSA) is 86.6 Å². The monoisotopic (exact) mass is 239 g/mol. The van der Waals surface area contributed by atoms with Gasteiger partial charge in [0.1, 0.15) is 6.61 Å². The molecule has 0 bridgehead atoms. The van der Waals surface area contributed by atoms with Crippen molar-refractivity contribution in [1.82, 2.24) is 5.32 Å². The molecule has 7 heteroatoms. The van der Waals surface area contributed by atoms with Gasteiger partial charge < -0.3 is 15.5 Å². The van der Waals surface area contributed by atoms with E-state index >= 15 is 0 Å². The van der Waals surface area contributed by atoms with Crippen molar-refractivity contribution in [2.45, 2.75) is 25.7 Å². The number of carbonyl (C=O) groups is 2. The molecule has 0 saturated heterocycles. The van der Waals surface area contributed by atoms with E-state index < -0.39 is 36.9 Å². The molecule has 1 amide bonds. The third-order valence-corrected chi connectivity index (χ3v) is 1.83. The van der Waals surface area contributed by atoms with Crippen LogP contribution >= 0.6 is 0 Å². The predicted molar refractivity (Wildman–Crippen MR) is 51.1 cm³/mol. The normalized spacial score (nSPS) is 13.2. The SMILES string of the molecule is CC(CC(=O)O)CC(=O)NCC(F)(F)CO. The van der Waals surface area contributed by atoms with E-state index in [0.717, 1.165) is 0 Å². The summed E-state index contributed by atoms with van der Waals surface area (Å²) in [5.74, 6) is -5.45. The summed E-state index contributed by atoms with van der Waals surface area (Å²) >= 11 is 0. The molecule has 0 aliphatic heterocycles. The summed E-state index contributed by atoms with van der Waals surface area (Å²) in [6.07, 6.45) is -0.322. The largest absolute Gasteiger partial charge is 0.481 e. The van der Waals surface area contributed by atoms with Crippen LogP contribution in [0.2, 0.25) is 0 Å². The van der Waals surface area contributed by atoms with Gasteiger partial charge in [0.15, 0.2) is 0 Å². The Hall–Kier alpha value is -1.24. The van der Waals surface area contributed by atoms with Gasteiger partial charge in [-0.25, -0.2) is 8.78 Å². The Labute approximate surface area is 91.5 Å². The molecule has 94 valence electrons. The number of aliphatic hydroxyl groups is 1. The van der Waals surface area contributed by atoms with Crippen molar-refractivity contribution in [3.8, 4) is 0 Å². The molecule has 1 atom stereocenters. The Kier molecular flexibility index (Phi) is 5.87. The molecule has 0 aromatic rings. The first-order chi connectivity index (χ1) is 7.26. The van der Waals surface area contributed by atoms with Crippen LogP contribution in [0.4, 0.5) is 8.78 Å². The van der Waals surface area contributed by atoms with Crippen molar-refractivity contribution in [1.29, 1.82) is 0 Å². The molecule has 5 nitrogen and oxygen atoms in total. The fourth-order valence-corrected chi connectivity index (χ4v) is 1.04.